The summed E-state index contributed by atoms with van der Waals surface area (Å²) in [6.07, 6.45) is -0.594. The predicted octanol–water partition coefficient (Wildman–Crippen LogP) is 2.26. The van der Waals surface area contributed by atoms with Crippen LogP contribution in [0.4, 0.5) is 24.8 Å². The monoisotopic (exact) mass is 476 g/mol. The highest BCUT2D eigenvalue weighted by Crippen LogP contribution is 2.35. The number of aliphatic hydroxyl groups excluding tert-OH is 1. The van der Waals surface area contributed by atoms with Crippen molar-refractivity contribution in [2.75, 3.05) is 29.9 Å². The van der Waals surface area contributed by atoms with Gasteiger partial charge in [-0.05, 0) is 25.0 Å². The van der Waals surface area contributed by atoms with Gasteiger partial charge in [-0.15, -0.1) is 0 Å². The zero-order chi connectivity index (χ0) is 24.2. The minimum atomic E-state index is -1.58. The molecule has 8 nitrogen and oxygen atoms in total. The average Bonchev–Trinajstić information content (AvgIpc) is 3.11. The van der Waals surface area contributed by atoms with E-state index in [0.29, 0.717) is 35.7 Å². The van der Waals surface area contributed by atoms with E-state index in [9.17, 15) is 28.2 Å². The number of hydrogen-bond donors (Lipinski definition) is 3. The number of ether oxygens (including phenoxy) is 1. The van der Waals surface area contributed by atoms with E-state index in [1.54, 1.807) is 16.5 Å². The summed E-state index contributed by atoms with van der Waals surface area (Å²) in [5.74, 6) is -2.08. The molecule has 3 heterocycles. The second kappa shape index (κ2) is 8.17. The molecule has 1 saturated heterocycles. The maximum Gasteiger partial charge on any atom is 0.224 e. The summed E-state index contributed by atoms with van der Waals surface area (Å²) in [4.78, 5) is 17.7. The third-order valence-electron chi connectivity index (χ3n) is 6.57. The minimum absolute atomic E-state index is 0.0135. The first kappa shape index (κ1) is 22.5. The maximum atomic E-state index is 14.1. The van der Waals surface area contributed by atoms with Gasteiger partial charge in [0, 0.05) is 44.3 Å². The van der Waals surface area contributed by atoms with Crippen LogP contribution >= 0.6 is 0 Å². The number of anilines is 2. The Morgan fingerprint density at radius 2 is 1.97 bits per heavy atom. The Bertz CT molecular complexity index is 1300. The number of carbonyl (C=O) groups excluding carboxylic acids is 1. The Morgan fingerprint density at radius 1 is 1.21 bits per heavy atom. The van der Waals surface area contributed by atoms with Crippen molar-refractivity contribution >= 4 is 28.6 Å². The number of amides is 1. The first-order valence-corrected chi connectivity index (χ1v) is 10.9. The fourth-order valence-corrected chi connectivity index (χ4v) is 4.53. The maximum absolute atomic E-state index is 14.1. The zero-order valence-electron chi connectivity index (χ0n) is 18.3. The summed E-state index contributed by atoms with van der Waals surface area (Å²) in [6, 6.07) is 4.70. The number of β-amino-alcohol motifs (C(OH)–C–C–N with tert-alkyl or cyclic N) is 1. The topological polar surface area (TPSA) is 99.8 Å². The molecule has 0 unspecified atom stereocenters. The number of piperidine rings is 1. The van der Waals surface area contributed by atoms with E-state index in [-0.39, 0.29) is 43.1 Å². The van der Waals surface area contributed by atoms with Crippen molar-refractivity contribution in [1.82, 2.24) is 9.55 Å². The molecule has 3 N–H and O–H groups in total. The molecule has 2 atom stereocenters. The van der Waals surface area contributed by atoms with Crippen LogP contribution in [-0.2, 0) is 18.3 Å². The van der Waals surface area contributed by atoms with Crippen LogP contribution in [0.3, 0.4) is 0 Å². The Kier molecular flexibility index (Phi) is 5.40. The number of imidazole rings is 1. The van der Waals surface area contributed by atoms with Gasteiger partial charge in [-0.25, -0.2) is 18.2 Å². The molecule has 0 spiro atoms. The highest BCUT2D eigenvalue weighted by Gasteiger charge is 2.42. The van der Waals surface area contributed by atoms with Gasteiger partial charge >= 0.3 is 0 Å². The van der Waals surface area contributed by atoms with E-state index in [4.69, 9.17) is 4.74 Å². The first-order chi connectivity index (χ1) is 16.2. The zero-order valence-corrected chi connectivity index (χ0v) is 18.3. The molecule has 2 aliphatic rings. The van der Waals surface area contributed by atoms with Crippen molar-refractivity contribution in [3.05, 3.63) is 47.3 Å². The number of nitrogens with zero attached hydrogens (tertiary/aromatic N) is 3. The first-order valence-electron chi connectivity index (χ1n) is 10.9. The number of aryl methyl sites for hydroxylation is 1. The number of nitrogens with one attached hydrogen (secondary N) is 1. The number of aromatic nitrogens is 2. The Labute approximate surface area is 192 Å². The fourth-order valence-electron chi connectivity index (χ4n) is 4.53. The van der Waals surface area contributed by atoms with Gasteiger partial charge in [-0.3, -0.25) is 4.79 Å². The van der Waals surface area contributed by atoms with Crippen molar-refractivity contribution in [2.24, 2.45) is 7.05 Å². The lowest BCUT2D eigenvalue weighted by molar-refractivity contribution is -0.116. The number of halogens is 3. The van der Waals surface area contributed by atoms with Crippen molar-refractivity contribution in [1.29, 1.82) is 0 Å². The summed E-state index contributed by atoms with van der Waals surface area (Å²) in [7, 11) is 1.66. The van der Waals surface area contributed by atoms with Gasteiger partial charge in [-0.1, -0.05) is 0 Å². The molecular formula is C23H23F3N4O4. The van der Waals surface area contributed by atoms with Crippen LogP contribution in [0.5, 0.6) is 5.75 Å². The Hall–Kier alpha value is -3.31. The van der Waals surface area contributed by atoms with Crippen LogP contribution in [0.1, 0.15) is 18.4 Å². The molecule has 3 aromatic rings. The van der Waals surface area contributed by atoms with Gasteiger partial charge in [0.25, 0.3) is 0 Å². The van der Waals surface area contributed by atoms with E-state index in [1.807, 2.05) is 0 Å². The highest BCUT2D eigenvalue weighted by atomic mass is 19.2. The van der Waals surface area contributed by atoms with E-state index >= 15 is 0 Å². The second-order valence-corrected chi connectivity index (χ2v) is 8.78. The lowest BCUT2D eigenvalue weighted by atomic mass is 9.89. The summed E-state index contributed by atoms with van der Waals surface area (Å²) in [5.41, 5.74) is -0.317. The van der Waals surface area contributed by atoms with Crippen LogP contribution in [0, 0.1) is 17.5 Å². The highest BCUT2D eigenvalue weighted by molar-refractivity contribution is 5.94. The van der Waals surface area contributed by atoms with Crippen LogP contribution < -0.4 is 15.0 Å². The van der Waals surface area contributed by atoms with Crippen molar-refractivity contribution in [3.63, 3.8) is 0 Å². The van der Waals surface area contributed by atoms with E-state index < -0.39 is 29.2 Å². The van der Waals surface area contributed by atoms with Gasteiger partial charge in [0.05, 0.1) is 16.7 Å². The number of aliphatic hydroxyl groups is 2. The van der Waals surface area contributed by atoms with E-state index in [2.05, 4.69) is 10.3 Å². The van der Waals surface area contributed by atoms with Gasteiger partial charge in [0.15, 0.2) is 11.6 Å². The van der Waals surface area contributed by atoms with Crippen LogP contribution in [-0.4, -0.2) is 57.1 Å². The van der Waals surface area contributed by atoms with Crippen molar-refractivity contribution in [3.8, 4) is 5.75 Å². The summed E-state index contributed by atoms with van der Waals surface area (Å²) >= 11 is 0. The molecule has 180 valence electrons. The number of rotatable bonds is 4. The normalized spacial score (nSPS) is 22.6. The smallest absolute Gasteiger partial charge is 0.224 e. The molecule has 11 heteroatoms. The predicted molar refractivity (Wildman–Crippen MR) is 117 cm³/mol. The molecule has 1 amide bonds. The summed E-state index contributed by atoms with van der Waals surface area (Å²) in [6.45, 7) is 0.0726. The number of fused-ring (bicyclic) bond motifs is 2. The summed E-state index contributed by atoms with van der Waals surface area (Å²) < 4.78 is 48.8. The largest absolute Gasteiger partial charge is 0.490 e. The second-order valence-electron chi connectivity index (χ2n) is 8.78. The molecule has 34 heavy (non-hydrogen) atoms. The molecule has 2 aliphatic heterocycles. The SMILES string of the molecule is Cn1c(N2CC[C@@](O)(COc3ccc(F)c4c3CCC(=O)N4)[C@H](O)C2)nc2cc(F)c(F)cc21. The van der Waals surface area contributed by atoms with Crippen molar-refractivity contribution < 1.29 is 32.9 Å². The van der Waals surface area contributed by atoms with Crippen LogP contribution in [0.25, 0.3) is 11.0 Å². The lowest BCUT2D eigenvalue weighted by Crippen LogP contribution is -2.58. The number of hydrogen-bond acceptors (Lipinski definition) is 6. The standard InChI is InChI=1S/C23H23F3N4O4/c1-29-17-9-15(26)14(25)8-16(17)27-22(29)30-7-6-23(33,19(31)10-30)11-34-18-4-3-13(24)21-12(18)2-5-20(32)28-21/h3-4,8-9,19,31,33H,2,5-7,10-11H2,1H3,(H,28,32)/t19-,23-/m1/s1. The molecule has 0 aliphatic carbocycles. The molecule has 0 radical (unpaired) electrons. The molecule has 0 bridgehead atoms. The quantitative estimate of drug-likeness (QED) is 0.534. The van der Waals surface area contributed by atoms with Crippen molar-refractivity contribution in [2.45, 2.75) is 31.0 Å². The third kappa shape index (κ3) is 3.74. The molecular weight excluding hydrogens is 453 g/mol. The molecule has 1 aromatic heterocycles. The third-order valence-corrected chi connectivity index (χ3v) is 6.57. The van der Waals surface area contributed by atoms with Crippen LogP contribution in [0.2, 0.25) is 0 Å². The van der Waals surface area contributed by atoms with E-state index in [0.717, 1.165) is 12.1 Å². The van der Waals surface area contributed by atoms with Gasteiger partial charge < -0.3 is 29.7 Å². The average molecular weight is 476 g/mol. The Balaban J connectivity index is 1.32. The van der Waals surface area contributed by atoms with Gasteiger partial charge in [-0.2, -0.15) is 0 Å². The molecule has 1 fully saturated rings. The molecule has 5 rings (SSSR count). The number of benzene rings is 2. The number of carbonyl (C=O) groups is 1. The van der Waals surface area contributed by atoms with Gasteiger partial charge in [0.1, 0.15) is 29.9 Å². The van der Waals surface area contributed by atoms with E-state index in [1.165, 1.54) is 12.1 Å². The summed E-state index contributed by atoms with van der Waals surface area (Å²) in [5, 5.41) is 24.3. The minimum Gasteiger partial charge on any atom is -0.490 e. The lowest BCUT2D eigenvalue weighted by Gasteiger charge is -2.42. The molecule has 0 saturated carbocycles. The Morgan fingerprint density at radius 3 is 2.74 bits per heavy atom. The fraction of sp³-hybridized carbons (Fsp3) is 0.391. The van der Waals surface area contributed by atoms with Crippen LogP contribution in [0.15, 0.2) is 24.3 Å². The molecule has 2 aromatic carbocycles. The van der Waals surface area contributed by atoms with Gasteiger partial charge in [0.2, 0.25) is 11.9 Å².